The lowest BCUT2D eigenvalue weighted by Crippen LogP contribution is -2.35. The van der Waals surface area contributed by atoms with Crippen molar-refractivity contribution in [2.24, 2.45) is 5.92 Å². The second kappa shape index (κ2) is 6.14. The molecule has 1 aromatic rings. The van der Waals surface area contributed by atoms with E-state index in [2.05, 4.69) is 32.4 Å². The minimum Gasteiger partial charge on any atom is -0.365 e. The van der Waals surface area contributed by atoms with Gasteiger partial charge in [0.15, 0.2) is 5.11 Å². The molecule has 1 saturated heterocycles. The molecule has 0 bridgehead atoms. The molecule has 0 radical (unpaired) electrons. The summed E-state index contributed by atoms with van der Waals surface area (Å²) in [7, 11) is 1.78. The Balaban J connectivity index is 2.18. The number of hydrogen-bond acceptors (Lipinski definition) is 4. The lowest BCUT2D eigenvalue weighted by Gasteiger charge is -2.32. The zero-order chi connectivity index (χ0) is 13.8. The number of aromatic nitrogens is 2. The lowest BCUT2D eigenvalue weighted by atomic mass is 10.0. The maximum atomic E-state index is 5.08. The maximum Gasteiger partial charge on any atom is 0.231 e. The predicted octanol–water partition coefficient (Wildman–Crippen LogP) is 1.94. The third kappa shape index (κ3) is 3.76. The molecule has 19 heavy (non-hydrogen) atoms. The second-order valence-electron chi connectivity index (χ2n) is 5.09. The molecule has 0 amide bonds. The normalized spacial score (nSPS) is 19.1. The first-order chi connectivity index (χ1) is 9.08. The fraction of sp³-hybridized carbons (Fsp3) is 0.615. The van der Waals surface area contributed by atoms with Gasteiger partial charge in [0.05, 0.1) is 0 Å². The Labute approximate surface area is 119 Å². The lowest BCUT2D eigenvalue weighted by molar-refractivity contribution is 0.444. The zero-order valence-corrected chi connectivity index (χ0v) is 12.5. The van der Waals surface area contributed by atoms with Crippen LogP contribution in [-0.2, 0) is 0 Å². The molecule has 1 fully saturated rings. The molecule has 0 saturated carbocycles. The molecule has 0 aromatic carbocycles. The molecule has 0 spiro atoms. The molecule has 104 valence electrons. The van der Waals surface area contributed by atoms with Gasteiger partial charge in [0.2, 0.25) is 5.95 Å². The molecule has 2 rings (SSSR count). The van der Waals surface area contributed by atoms with Gasteiger partial charge in [0.1, 0.15) is 5.82 Å². The van der Waals surface area contributed by atoms with Crippen molar-refractivity contribution in [1.29, 1.82) is 0 Å². The van der Waals surface area contributed by atoms with E-state index in [0.717, 1.165) is 30.5 Å². The van der Waals surface area contributed by atoms with E-state index in [0.29, 0.717) is 11.1 Å². The summed E-state index contributed by atoms with van der Waals surface area (Å²) in [6, 6.07) is 2.03. The third-order valence-corrected chi connectivity index (χ3v) is 3.58. The molecule has 5 nitrogen and oxygen atoms in total. The van der Waals surface area contributed by atoms with Gasteiger partial charge in [-0.1, -0.05) is 6.92 Å². The van der Waals surface area contributed by atoms with Crippen LogP contribution in [0.2, 0.25) is 0 Å². The van der Waals surface area contributed by atoms with Crippen molar-refractivity contribution in [3.8, 4) is 0 Å². The van der Waals surface area contributed by atoms with Crippen molar-refractivity contribution in [2.45, 2.75) is 26.7 Å². The quantitative estimate of drug-likeness (QED) is 0.807. The Kier molecular flexibility index (Phi) is 4.52. The van der Waals surface area contributed by atoms with Crippen LogP contribution in [0, 0.1) is 12.8 Å². The zero-order valence-electron chi connectivity index (χ0n) is 11.7. The minimum atomic E-state index is 0.531. The van der Waals surface area contributed by atoms with Crippen molar-refractivity contribution in [3.63, 3.8) is 0 Å². The van der Waals surface area contributed by atoms with Crippen LogP contribution in [0.3, 0.4) is 0 Å². The van der Waals surface area contributed by atoms with Crippen LogP contribution in [0.15, 0.2) is 6.07 Å². The highest BCUT2D eigenvalue weighted by Crippen LogP contribution is 2.22. The van der Waals surface area contributed by atoms with Crippen molar-refractivity contribution in [3.05, 3.63) is 11.8 Å². The summed E-state index contributed by atoms with van der Waals surface area (Å²) in [5.74, 6) is 2.27. The van der Waals surface area contributed by atoms with Gasteiger partial charge >= 0.3 is 0 Å². The van der Waals surface area contributed by atoms with Gasteiger partial charge in [0, 0.05) is 31.9 Å². The summed E-state index contributed by atoms with van der Waals surface area (Å²) in [5, 5.41) is 6.39. The van der Waals surface area contributed by atoms with E-state index < -0.39 is 0 Å². The van der Waals surface area contributed by atoms with Gasteiger partial charge in [-0.3, -0.25) is 0 Å². The van der Waals surface area contributed by atoms with Crippen LogP contribution in [0.1, 0.15) is 25.5 Å². The van der Waals surface area contributed by atoms with E-state index >= 15 is 0 Å². The van der Waals surface area contributed by atoms with Crippen LogP contribution < -0.4 is 15.5 Å². The van der Waals surface area contributed by atoms with Crippen LogP contribution in [-0.4, -0.2) is 35.2 Å². The number of rotatable bonds is 2. The van der Waals surface area contributed by atoms with Gasteiger partial charge in [0.25, 0.3) is 0 Å². The Bertz CT molecular complexity index is 462. The van der Waals surface area contributed by atoms with Crippen LogP contribution in [0.4, 0.5) is 11.8 Å². The number of anilines is 2. The van der Waals surface area contributed by atoms with E-state index in [-0.39, 0.29) is 0 Å². The first-order valence-corrected chi connectivity index (χ1v) is 7.08. The summed E-state index contributed by atoms with van der Waals surface area (Å²) in [4.78, 5) is 11.2. The van der Waals surface area contributed by atoms with E-state index in [9.17, 15) is 0 Å². The fourth-order valence-corrected chi connectivity index (χ4v) is 2.42. The van der Waals surface area contributed by atoms with Crippen molar-refractivity contribution in [2.75, 3.05) is 30.4 Å². The molecule has 0 unspecified atom stereocenters. The molecule has 2 N–H and O–H groups in total. The van der Waals surface area contributed by atoms with Gasteiger partial charge in [-0.25, -0.2) is 4.98 Å². The minimum absolute atomic E-state index is 0.531. The van der Waals surface area contributed by atoms with Crippen LogP contribution >= 0.6 is 12.2 Å². The molecular formula is C13H21N5S. The summed E-state index contributed by atoms with van der Waals surface area (Å²) in [6.07, 6.45) is 2.53. The molecular weight excluding hydrogens is 258 g/mol. The Morgan fingerprint density at radius 1 is 1.47 bits per heavy atom. The molecule has 1 aliphatic heterocycles. The van der Waals surface area contributed by atoms with Crippen LogP contribution in [0.5, 0.6) is 0 Å². The fourth-order valence-electron chi connectivity index (χ4n) is 2.33. The van der Waals surface area contributed by atoms with E-state index in [1.807, 2.05) is 13.0 Å². The summed E-state index contributed by atoms with van der Waals surface area (Å²) in [5.41, 5.74) is 0.949. The van der Waals surface area contributed by atoms with Gasteiger partial charge in [-0.15, -0.1) is 0 Å². The number of aryl methyl sites for hydroxylation is 1. The van der Waals surface area contributed by atoms with Crippen LogP contribution in [0.25, 0.3) is 0 Å². The average Bonchev–Trinajstić information content (AvgIpc) is 2.38. The second-order valence-corrected chi connectivity index (χ2v) is 5.50. The number of piperidine rings is 1. The summed E-state index contributed by atoms with van der Waals surface area (Å²) >= 11 is 5.08. The largest absolute Gasteiger partial charge is 0.365 e. The van der Waals surface area contributed by atoms with Crippen molar-refractivity contribution < 1.29 is 0 Å². The highest BCUT2D eigenvalue weighted by Gasteiger charge is 2.18. The van der Waals surface area contributed by atoms with Gasteiger partial charge in [-0.2, -0.15) is 4.98 Å². The highest BCUT2D eigenvalue weighted by atomic mass is 32.1. The molecule has 1 aromatic heterocycles. The number of nitrogens with one attached hydrogen (secondary N) is 2. The SMILES string of the molecule is CNC(=S)Nc1nc(C)cc(N2CCC[C@H](C)C2)n1. The van der Waals surface area contributed by atoms with E-state index in [4.69, 9.17) is 12.2 Å². The number of nitrogens with zero attached hydrogens (tertiary/aromatic N) is 3. The first kappa shape index (κ1) is 14.0. The maximum absolute atomic E-state index is 5.08. The highest BCUT2D eigenvalue weighted by molar-refractivity contribution is 7.80. The van der Waals surface area contributed by atoms with E-state index in [1.165, 1.54) is 12.8 Å². The Morgan fingerprint density at radius 2 is 2.26 bits per heavy atom. The smallest absolute Gasteiger partial charge is 0.231 e. The molecule has 6 heteroatoms. The Morgan fingerprint density at radius 3 is 2.95 bits per heavy atom. The van der Waals surface area contributed by atoms with Gasteiger partial charge in [-0.05, 0) is 37.9 Å². The molecule has 2 heterocycles. The van der Waals surface area contributed by atoms with Gasteiger partial charge < -0.3 is 15.5 Å². The molecule has 1 atom stereocenters. The monoisotopic (exact) mass is 279 g/mol. The molecule has 0 aliphatic carbocycles. The summed E-state index contributed by atoms with van der Waals surface area (Å²) < 4.78 is 0. The standard InChI is InChI=1S/C13H21N5S/c1-9-5-4-6-18(8-9)11-7-10(2)15-12(16-11)17-13(19)14-3/h7,9H,4-6,8H2,1-3H3,(H2,14,15,16,17,19)/t9-/m0/s1. The average molecular weight is 279 g/mol. The summed E-state index contributed by atoms with van der Waals surface area (Å²) in [6.45, 7) is 6.39. The number of thiocarbonyl (C=S) groups is 1. The van der Waals surface area contributed by atoms with Crippen molar-refractivity contribution in [1.82, 2.24) is 15.3 Å². The Hall–Kier alpha value is -1.43. The number of hydrogen-bond donors (Lipinski definition) is 2. The predicted molar refractivity (Wildman–Crippen MR) is 82.7 cm³/mol. The third-order valence-electron chi connectivity index (χ3n) is 3.27. The first-order valence-electron chi connectivity index (χ1n) is 6.68. The van der Waals surface area contributed by atoms with Crippen molar-refractivity contribution >= 4 is 29.1 Å². The van der Waals surface area contributed by atoms with E-state index in [1.54, 1.807) is 7.05 Å². The topological polar surface area (TPSA) is 53.1 Å². The molecule has 1 aliphatic rings.